The second-order valence-corrected chi connectivity index (χ2v) is 7.29. The van der Waals surface area contributed by atoms with E-state index in [9.17, 15) is 0 Å². The molecule has 1 unspecified atom stereocenters. The third-order valence-electron chi connectivity index (χ3n) is 4.49. The van der Waals surface area contributed by atoms with E-state index in [1.54, 1.807) is 7.11 Å². The minimum absolute atomic E-state index is 0.0213. The van der Waals surface area contributed by atoms with Gasteiger partial charge in [0.2, 0.25) is 0 Å². The van der Waals surface area contributed by atoms with Crippen LogP contribution >= 0.6 is 11.6 Å². The van der Waals surface area contributed by atoms with E-state index in [-0.39, 0.29) is 5.41 Å². The number of methoxy groups -OCH3 is 1. The van der Waals surface area contributed by atoms with E-state index in [2.05, 4.69) is 35.1 Å². The van der Waals surface area contributed by atoms with Crippen molar-refractivity contribution in [3.63, 3.8) is 0 Å². The number of nitrogens with zero attached hydrogens (tertiary/aromatic N) is 2. The van der Waals surface area contributed by atoms with Crippen LogP contribution in [0.25, 0.3) is 0 Å². The molecule has 0 radical (unpaired) electrons. The molecule has 4 nitrogen and oxygen atoms in total. The third kappa shape index (κ3) is 4.85. The maximum Gasteiger partial charge on any atom is 0.193 e. The van der Waals surface area contributed by atoms with Gasteiger partial charge in [-0.25, -0.2) is 0 Å². The van der Waals surface area contributed by atoms with Crippen LogP contribution in [0.3, 0.4) is 0 Å². The highest BCUT2D eigenvalue weighted by atomic mass is 35.5. The summed E-state index contributed by atoms with van der Waals surface area (Å²) in [4.78, 5) is 6.76. The van der Waals surface area contributed by atoms with E-state index in [1.165, 1.54) is 5.56 Å². The highest BCUT2D eigenvalue weighted by Gasteiger charge is 2.27. The summed E-state index contributed by atoms with van der Waals surface area (Å²) < 4.78 is 5.27. The van der Waals surface area contributed by atoms with Crippen LogP contribution in [0.2, 0.25) is 5.02 Å². The fraction of sp³-hybridized carbons (Fsp3) is 0.611. The average molecular weight is 338 g/mol. The van der Waals surface area contributed by atoms with E-state index < -0.39 is 0 Å². The molecule has 1 aliphatic rings. The normalized spacial score (nSPS) is 19.3. The number of hydrogen-bond acceptors (Lipinski definition) is 2. The van der Waals surface area contributed by atoms with Crippen LogP contribution in [-0.4, -0.2) is 51.3 Å². The summed E-state index contributed by atoms with van der Waals surface area (Å²) in [6.07, 6.45) is 1.16. The fourth-order valence-electron chi connectivity index (χ4n) is 3.04. The molecule has 128 valence electrons. The first-order chi connectivity index (χ1) is 11.0. The summed E-state index contributed by atoms with van der Waals surface area (Å²) in [7, 11) is 3.61. The molecule has 1 fully saturated rings. The number of hydrogen-bond donors (Lipinski definition) is 1. The Kier molecular flexibility index (Phi) is 6.31. The number of rotatable bonds is 5. The molecule has 1 N–H and O–H groups in total. The first kappa shape index (κ1) is 18.1. The summed E-state index contributed by atoms with van der Waals surface area (Å²) in [6, 6.07) is 8.08. The van der Waals surface area contributed by atoms with Gasteiger partial charge in [-0.15, -0.1) is 0 Å². The Hall–Kier alpha value is -1.26. The van der Waals surface area contributed by atoms with Crippen molar-refractivity contribution in [1.29, 1.82) is 0 Å². The Morgan fingerprint density at radius 3 is 2.91 bits per heavy atom. The molecule has 23 heavy (non-hydrogen) atoms. The summed E-state index contributed by atoms with van der Waals surface area (Å²) in [5.41, 5.74) is 1.21. The van der Waals surface area contributed by atoms with Crippen molar-refractivity contribution in [3.8, 4) is 0 Å². The van der Waals surface area contributed by atoms with Gasteiger partial charge in [0.15, 0.2) is 5.96 Å². The Balaban J connectivity index is 1.95. The summed E-state index contributed by atoms with van der Waals surface area (Å²) in [5.74, 6) is 1.57. The highest BCUT2D eigenvalue weighted by Crippen LogP contribution is 2.25. The van der Waals surface area contributed by atoms with Crippen molar-refractivity contribution in [2.45, 2.75) is 25.7 Å². The molecule has 0 aliphatic carbocycles. The Morgan fingerprint density at radius 2 is 2.26 bits per heavy atom. The first-order valence-corrected chi connectivity index (χ1v) is 8.54. The monoisotopic (exact) mass is 337 g/mol. The second-order valence-electron chi connectivity index (χ2n) is 6.85. The molecule has 0 spiro atoms. The van der Waals surface area contributed by atoms with Crippen molar-refractivity contribution in [1.82, 2.24) is 10.2 Å². The third-order valence-corrected chi connectivity index (χ3v) is 4.73. The predicted molar refractivity (Wildman–Crippen MR) is 97.4 cm³/mol. The van der Waals surface area contributed by atoms with E-state index in [0.717, 1.165) is 43.6 Å². The van der Waals surface area contributed by atoms with Crippen LogP contribution in [-0.2, 0) is 10.2 Å². The number of likely N-dealkylation sites (tertiary alicyclic amines) is 1. The molecule has 0 bridgehead atoms. The van der Waals surface area contributed by atoms with Crippen molar-refractivity contribution in [3.05, 3.63) is 34.9 Å². The topological polar surface area (TPSA) is 36.9 Å². The lowest BCUT2D eigenvalue weighted by Gasteiger charge is -2.29. The lowest BCUT2D eigenvalue weighted by Crippen LogP contribution is -2.45. The van der Waals surface area contributed by atoms with Gasteiger partial charge >= 0.3 is 0 Å². The van der Waals surface area contributed by atoms with Crippen molar-refractivity contribution < 1.29 is 4.74 Å². The Bertz CT molecular complexity index is 545. The molecule has 2 rings (SSSR count). The van der Waals surface area contributed by atoms with E-state index in [0.29, 0.717) is 5.92 Å². The molecular weight excluding hydrogens is 310 g/mol. The van der Waals surface area contributed by atoms with Crippen LogP contribution < -0.4 is 5.32 Å². The number of aliphatic imine (C=N–C) groups is 1. The number of benzene rings is 1. The Labute approximate surface area is 144 Å². The van der Waals surface area contributed by atoms with Gasteiger partial charge in [0.1, 0.15) is 0 Å². The van der Waals surface area contributed by atoms with Gasteiger partial charge in [-0.3, -0.25) is 4.99 Å². The highest BCUT2D eigenvalue weighted by molar-refractivity contribution is 6.30. The minimum Gasteiger partial charge on any atom is -0.384 e. The summed E-state index contributed by atoms with van der Waals surface area (Å²) >= 11 is 6.13. The number of guanidine groups is 1. The largest absolute Gasteiger partial charge is 0.384 e. The van der Waals surface area contributed by atoms with Crippen molar-refractivity contribution in [2.24, 2.45) is 10.9 Å². The number of ether oxygens (including phenoxy) is 1. The minimum atomic E-state index is -0.0213. The van der Waals surface area contributed by atoms with Crippen LogP contribution in [0.5, 0.6) is 0 Å². The zero-order valence-corrected chi connectivity index (χ0v) is 15.4. The van der Waals surface area contributed by atoms with Crippen molar-refractivity contribution in [2.75, 3.05) is 40.4 Å². The number of halogens is 1. The second kappa shape index (κ2) is 8.02. The van der Waals surface area contributed by atoms with Crippen LogP contribution in [0.1, 0.15) is 25.8 Å². The van der Waals surface area contributed by atoms with Gasteiger partial charge in [0.25, 0.3) is 0 Å². The van der Waals surface area contributed by atoms with Crippen LogP contribution in [0.15, 0.2) is 29.3 Å². The van der Waals surface area contributed by atoms with E-state index in [4.69, 9.17) is 16.3 Å². The molecule has 1 heterocycles. The van der Waals surface area contributed by atoms with E-state index >= 15 is 0 Å². The SMILES string of the molecule is CN=C(NCC(C)(C)c1cccc(Cl)c1)N1CCC(COC)C1. The molecule has 0 amide bonds. The van der Waals surface area contributed by atoms with Crippen molar-refractivity contribution >= 4 is 17.6 Å². The molecule has 1 atom stereocenters. The molecule has 1 aromatic rings. The molecular formula is C18H28ClN3O. The molecule has 1 aliphatic heterocycles. The summed E-state index contributed by atoms with van der Waals surface area (Å²) in [5, 5.41) is 4.30. The standard InChI is InChI=1S/C18H28ClN3O/c1-18(2,15-6-5-7-16(19)10-15)13-21-17(20-3)22-9-8-14(11-22)12-23-4/h5-7,10,14H,8-9,11-13H2,1-4H3,(H,20,21). The van der Waals surface area contributed by atoms with Crippen LogP contribution in [0.4, 0.5) is 0 Å². The summed E-state index contributed by atoms with van der Waals surface area (Å²) in [6.45, 7) is 8.11. The van der Waals surface area contributed by atoms with Gasteiger partial charge in [0.05, 0.1) is 6.61 Å². The Morgan fingerprint density at radius 1 is 1.48 bits per heavy atom. The molecule has 1 saturated heterocycles. The molecule has 1 aromatic carbocycles. The smallest absolute Gasteiger partial charge is 0.193 e. The maximum atomic E-state index is 6.13. The quantitative estimate of drug-likeness (QED) is 0.662. The maximum absolute atomic E-state index is 6.13. The zero-order chi connectivity index (χ0) is 16.9. The van der Waals surface area contributed by atoms with Gasteiger partial charge in [-0.1, -0.05) is 37.6 Å². The van der Waals surface area contributed by atoms with Crippen LogP contribution in [0, 0.1) is 5.92 Å². The number of nitrogens with one attached hydrogen (secondary N) is 1. The molecule has 0 aromatic heterocycles. The average Bonchev–Trinajstić information content (AvgIpc) is 2.97. The lowest BCUT2D eigenvalue weighted by atomic mass is 9.84. The fourth-order valence-corrected chi connectivity index (χ4v) is 3.23. The van der Waals surface area contributed by atoms with Gasteiger partial charge < -0.3 is 15.0 Å². The van der Waals surface area contributed by atoms with Gasteiger partial charge in [-0.05, 0) is 24.1 Å². The molecule has 0 saturated carbocycles. The van der Waals surface area contributed by atoms with Gasteiger partial charge in [-0.2, -0.15) is 0 Å². The predicted octanol–water partition coefficient (Wildman–Crippen LogP) is 3.16. The zero-order valence-electron chi connectivity index (χ0n) is 14.6. The van der Waals surface area contributed by atoms with E-state index in [1.807, 2.05) is 25.2 Å². The van der Waals surface area contributed by atoms with Gasteiger partial charge in [0, 0.05) is 50.1 Å². The molecule has 5 heteroatoms. The first-order valence-electron chi connectivity index (χ1n) is 8.17. The lowest BCUT2D eigenvalue weighted by molar-refractivity contribution is 0.157.